The van der Waals surface area contributed by atoms with E-state index in [9.17, 15) is 9.59 Å². The largest absolute Gasteiger partial charge is 0.356 e. The number of nitrogens with zero attached hydrogens (tertiary/aromatic N) is 1. The number of hydrogen-bond donors (Lipinski definition) is 2. The van der Waals surface area contributed by atoms with Crippen LogP contribution < -0.4 is 10.6 Å². The average Bonchev–Trinajstić information content (AvgIpc) is 2.39. The lowest BCUT2D eigenvalue weighted by atomic mass is 9.85. The highest BCUT2D eigenvalue weighted by molar-refractivity contribution is 5.85. The van der Waals surface area contributed by atoms with Crippen molar-refractivity contribution in [3.63, 3.8) is 0 Å². The quantitative estimate of drug-likeness (QED) is 0.770. The molecule has 0 spiro atoms. The van der Waals surface area contributed by atoms with Gasteiger partial charge in [0.2, 0.25) is 11.8 Å². The second-order valence-corrected chi connectivity index (χ2v) is 5.68. The standard InChI is InChI=1S/C14H27N3O2.ClH/c1-11(12-5-4-7-15-10-12)9-13(18)16-8-6-14(19)17(2)3;/h11-12,15H,4-10H2,1-3H3,(H,16,18);1H. The molecule has 0 radical (unpaired) electrons. The van der Waals surface area contributed by atoms with Crippen LogP contribution in [-0.4, -0.2) is 50.4 Å². The van der Waals surface area contributed by atoms with Gasteiger partial charge in [-0.05, 0) is 37.8 Å². The second kappa shape index (κ2) is 10.00. The molecule has 1 heterocycles. The Balaban J connectivity index is 0.00000361. The van der Waals surface area contributed by atoms with E-state index in [2.05, 4.69) is 17.6 Å². The molecule has 20 heavy (non-hydrogen) atoms. The monoisotopic (exact) mass is 305 g/mol. The van der Waals surface area contributed by atoms with Crippen molar-refractivity contribution in [3.05, 3.63) is 0 Å². The molecule has 1 aliphatic heterocycles. The molecule has 0 aliphatic carbocycles. The van der Waals surface area contributed by atoms with E-state index in [1.165, 1.54) is 12.8 Å². The summed E-state index contributed by atoms with van der Waals surface area (Å²) >= 11 is 0. The summed E-state index contributed by atoms with van der Waals surface area (Å²) in [6.07, 6.45) is 3.34. The van der Waals surface area contributed by atoms with Crippen LogP contribution in [0, 0.1) is 11.8 Å². The first-order valence-electron chi connectivity index (χ1n) is 7.18. The van der Waals surface area contributed by atoms with Crippen LogP contribution >= 0.6 is 12.4 Å². The van der Waals surface area contributed by atoms with Gasteiger partial charge in [0.05, 0.1) is 0 Å². The molecule has 2 N–H and O–H groups in total. The van der Waals surface area contributed by atoms with E-state index in [1.807, 2.05) is 0 Å². The summed E-state index contributed by atoms with van der Waals surface area (Å²) < 4.78 is 0. The van der Waals surface area contributed by atoms with Crippen LogP contribution in [0.3, 0.4) is 0 Å². The Bertz CT molecular complexity index is 305. The van der Waals surface area contributed by atoms with Gasteiger partial charge in [0, 0.05) is 33.5 Å². The highest BCUT2D eigenvalue weighted by Gasteiger charge is 2.21. The topological polar surface area (TPSA) is 61.4 Å². The van der Waals surface area contributed by atoms with Gasteiger partial charge in [-0.2, -0.15) is 0 Å². The lowest BCUT2D eigenvalue weighted by molar-refractivity contribution is -0.128. The molecule has 2 amide bonds. The molecule has 0 aromatic rings. The van der Waals surface area contributed by atoms with Crippen molar-refractivity contribution in [2.24, 2.45) is 11.8 Å². The van der Waals surface area contributed by atoms with Crippen LogP contribution in [0.25, 0.3) is 0 Å². The third-order valence-corrected chi connectivity index (χ3v) is 3.81. The summed E-state index contributed by atoms with van der Waals surface area (Å²) in [4.78, 5) is 24.7. The Hall–Kier alpha value is -0.810. The van der Waals surface area contributed by atoms with Crippen molar-refractivity contribution in [2.45, 2.75) is 32.6 Å². The molecule has 5 nitrogen and oxygen atoms in total. The fourth-order valence-electron chi connectivity index (χ4n) is 2.43. The predicted molar refractivity (Wildman–Crippen MR) is 82.9 cm³/mol. The summed E-state index contributed by atoms with van der Waals surface area (Å²) in [7, 11) is 3.45. The third kappa shape index (κ3) is 7.10. The number of hydrogen-bond acceptors (Lipinski definition) is 3. The van der Waals surface area contributed by atoms with Crippen molar-refractivity contribution in [1.29, 1.82) is 0 Å². The number of carbonyl (C=O) groups is 2. The molecular weight excluding hydrogens is 278 g/mol. The number of rotatable bonds is 6. The Morgan fingerprint density at radius 3 is 2.65 bits per heavy atom. The Kier molecular flexibility index (Phi) is 9.59. The minimum atomic E-state index is 0. The van der Waals surface area contributed by atoms with Crippen LogP contribution in [0.1, 0.15) is 32.6 Å². The number of piperidine rings is 1. The Morgan fingerprint density at radius 1 is 1.40 bits per heavy atom. The molecule has 1 saturated heterocycles. The van der Waals surface area contributed by atoms with E-state index in [1.54, 1.807) is 19.0 Å². The molecule has 0 saturated carbocycles. The fraction of sp³-hybridized carbons (Fsp3) is 0.857. The van der Waals surface area contributed by atoms with Gasteiger partial charge >= 0.3 is 0 Å². The first-order chi connectivity index (χ1) is 9.00. The van der Waals surface area contributed by atoms with Gasteiger partial charge in [-0.25, -0.2) is 0 Å². The molecule has 0 aromatic heterocycles. The van der Waals surface area contributed by atoms with Crippen molar-refractivity contribution >= 4 is 24.2 Å². The fourth-order valence-corrected chi connectivity index (χ4v) is 2.43. The van der Waals surface area contributed by atoms with Crippen LogP contribution in [0.2, 0.25) is 0 Å². The molecule has 1 aliphatic rings. The summed E-state index contributed by atoms with van der Waals surface area (Å²) in [6.45, 7) is 4.70. The smallest absolute Gasteiger partial charge is 0.223 e. The molecule has 6 heteroatoms. The van der Waals surface area contributed by atoms with Gasteiger partial charge in [-0.3, -0.25) is 9.59 Å². The second-order valence-electron chi connectivity index (χ2n) is 5.68. The van der Waals surface area contributed by atoms with E-state index < -0.39 is 0 Å². The zero-order valence-electron chi connectivity index (χ0n) is 12.8. The lowest BCUT2D eigenvalue weighted by Crippen LogP contribution is -2.36. The number of amides is 2. The van der Waals surface area contributed by atoms with E-state index in [-0.39, 0.29) is 24.2 Å². The van der Waals surface area contributed by atoms with Gasteiger partial charge in [0.15, 0.2) is 0 Å². The number of halogens is 1. The van der Waals surface area contributed by atoms with Crippen LogP contribution in [0.5, 0.6) is 0 Å². The molecule has 118 valence electrons. The molecule has 1 fully saturated rings. The Labute approximate surface area is 128 Å². The van der Waals surface area contributed by atoms with Gasteiger partial charge in [0.25, 0.3) is 0 Å². The minimum Gasteiger partial charge on any atom is -0.356 e. The van der Waals surface area contributed by atoms with Crippen LogP contribution in [0.4, 0.5) is 0 Å². The Morgan fingerprint density at radius 2 is 2.10 bits per heavy atom. The maximum Gasteiger partial charge on any atom is 0.223 e. The summed E-state index contributed by atoms with van der Waals surface area (Å²) in [5.74, 6) is 1.11. The molecule has 0 aromatic carbocycles. The van der Waals surface area contributed by atoms with Gasteiger partial charge in [0.1, 0.15) is 0 Å². The summed E-state index contributed by atoms with van der Waals surface area (Å²) in [5.41, 5.74) is 0. The van der Waals surface area contributed by atoms with E-state index in [0.717, 1.165) is 13.1 Å². The first-order valence-corrected chi connectivity index (χ1v) is 7.18. The van der Waals surface area contributed by atoms with E-state index >= 15 is 0 Å². The van der Waals surface area contributed by atoms with Crippen molar-refractivity contribution in [3.8, 4) is 0 Å². The minimum absolute atomic E-state index is 0. The zero-order valence-corrected chi connectivity index (χ0v) is 13.6. The van der Waals surface area contributed by atoms with Crippen molar-refractivity contribution in [1.82, 2.24) is 15.5 Å². The van der Waals surface area contributed by atoms with Crippen molar-refractivity contribution < 1.29 is 9.59 Å². The normalized spacial score (nSPS) is 19.6. The molecule has 1 rings (SSSR count). The SMILES string of the molecule is CC(CC(=O)NCCC(=O)N(C)C)C1CCCNC1.Cl. The number of carbonyl (C=O) groups excluding carboxylic acids is 2. The van der Waals surface area contributed by atoms with Gasteiger partial charge < -0.3 is 15.5 Å². The highest BCUT2D eigenvalue weighted by atomic mass is 35.5. The van der Waals surface area contributed by atoms with E-state index in [0.29, 0.717) is 31.2 Å². The maximum absolute atomic E-state index is 11.8. The molecule has 2 unspecified atom stereocenters. The predicted octanol–water partition coefficient (Wildman–Crippen LogP) is 1.03. The van der Waals surface area contributed by atoms with Crippen LogP contribution in [0.15, 0.2) is 0 Å². The molecule has 2 atom stereocenters. The number of nitrogens with one attached hydrogen (secondary N) is 2. The summed E-state index contributed by atoms with van der Waals surface area (Å²) in [5, 5.41) is 6.21. The van der Waals surface area contributed by atoms with Gasteiger partial charge in [-0.15, -0.1) is 12.4 Å². The average molecular weight is 306 g/mol. The van der Waals surface area contributed by atoms with Gasteiger partial charge in [-0.1, -0.05) is 6.92 Å². The third-order valence-electron chi connectivity index (χ3n) is 3.81. The first kappa shape index (κ1) is 19.2. The zero-order chi connectivity index (χ0) is 14.3. The molecule has 0 bridgehead atoms. The maximum atomic E-state index is 11.8. The molecular formula is C14H28ClN3O2. The lowest BCUT2D eigenvalue weighted by Gasteiger charge is -2.28. The van der Waals surface area contributed by atoms with Crippen LogP contribution in [-0.2, 0) is 9.59 Å². The van der Waals surface area contributed by atoms with Crippen molar-refractivity contribution in [2.75, 3.05) is 33.7 Å². The van der Waals surface area contributed by atoms with E-state index in [4.69, 9.17) is 0 Å². The highest BCUT2D eigenvalue weighted by Crippen LogP contribution is 2.22. The summed E-state index contributed by atoms with van der Waals surface area (Å²) in [6, 6.07) is 0.